The molecule has 260 valence electrons. The number of ether oxygens (including phenoxy) is 2. The van der Waals surface area contributed by atoms with Gasteiger partial charge in [0.1, 0.15) is 11.4 Å². The molecule has 3 N–H and O–H groups in total. The number of nitrogens with zero attached hydrogens (tertiary/aromatic N) is 2. The summed E-state index contributed by atoms with van der Waals surface area (Å²) < 4.78 is 11.5. The molecule has 0 bridgehead atoms. The molecule has 0 aliphatic carbocycles. The van der Waals surface area contributed by atoms with E-state index in [1.807, 2.05) is 72.7 Å². The van der Waals surface area contributed by atoms with Crippen LogP contribution < -0.4 is 15.8 Å². The number of nitrogens with one attached hydrogen (secondary N) is 1. The minimum absolute atomic E-state index is 0.0595. The lowest BCUT2D eigenvalue weighted by molar-refractivity contribution is 0.0590. The van der Waals surface area contributed by atoms with Crippen LogP contribution in [0, 0.1) is 13.8 Å². The fourth-order valence-corrected chi connectivity index (χ4v) is 8.24. The van der Waals surface area contributed by atoms with Crippen LogP contribution in [-0.2, 0) is 17.7 Å². The first-order chi connectivity index (χ1) is 24.8. The van der Waals surface area contributed by atoms with E-state index in [1.165, 1.54) is 7.11 Å². The molecule has 2 aromatic heterocycles. The van der Waals surface area contributed by atoms with E-state index < -0.39 is 5.97 Å². The number of aromatic nitrogens is 1. The number of amides is 2. The fourth-order valence-electron chi connectivity index (χ4n) is 7.27. The number of esters is 1. The van der Waals surface area contributed by atoms with Crippen molar-refractivity contribution in [2.45, 2.75) is 52.1 Å². The quantitative estimate of drug-likeness (QED) is 0.166. The molecule has 5 aromatic rings. The number of likely N-dealkylation sites (tertiary alicyclic amines) is 1. The Morgan fingerprint density at radius 1 is 0.980 bits per heavy atom. The van der Waals surface area contributed by atoms with Crippen LogP contribution in [0.1, 0.15) is 84.5 Å². The minimum Gasteiger partial charge on any atom is -0.493 e. The highest BCUT2D eigenvalue weighted by atomic mass is 32.1. The Morgan fingerprint density at radius 2 is 1.76 bits per heavy atom. The Morgan fingerprint density at radius 3 is 2.51 bits per heavy atom. The van der Waals surface area contributed by atoms with Gasteiger partial charge < -0.3 is 25.4 Å². The molecule has 1 saturated heterocycles. The highest BCUT2D eigenvalue weighted by Gasteiger charge is 2.32. The summed E-state index contributed by atoms with van der Waals surface area (Å²) in [6, 6.07) is 22.9. The second-order valence-corrected chi connectivity index (χ2v) is 14.0. The smallest absolute Gasteiger partial charge is 0.357 e. The molecule has 1 unspecified atom stereocenters. The van der Waals surface area contributed by atoms with Crippen LogP contribution in [0.15, 0.2) is 78.2 Å². The molecule has 2 amide bonds. The second kappa shape index (κ2) is 14.5. The second-order valence-electron chi connectivity index (χ2n) is 13.0. The third kappa shape index (κ3) is 6.64. The molecule has 0 saturated carbocycles. The molecule has 10 heteroatoms. The average molecular weight is 701 g/mol. The highest BCUT2D eigenvalue weighted by molar-refractivity contribution is 7.13. The third-order valence-corrected chi connectivity index (χ3v) is 10.8. The van der Waals surface area contributed by atoms with Gasteiger partial charge in [-0.1, -0.05) is 42.5 Å². The molecule has 4 heterocycles. The molecule has 51 heavy (non-hydrogen) atoms. The van der Waals surface area contributed by atoms with E-state index in [9.17, 15) is 14.4 Å². The van der Waals surface area contributed by atoms with Crippen molar-refractivity contribution in [3.05, 3.63) is 123 Å². The van der Waals surface area contributed by atoms with E-state index in [0.29, 0.717) is 47.8 Å². The number of benzene rings is 3. The predicted molar refractivity (Wildman–Crippen MR) is 199 cm³/mol. The molecule has 9 nitrogen and oxygen atoms in total. The summed E-state index contributed by atoms with van der Waals surface area (Å²) in [7, 11) is 1.28. The highest BCUT2D eigenvalue weighted by Crippen LogP contribution is 2.44. The van der Waals surface area contributed by atoms with Crippen LogP contribution in [0.2, 0.25) is 0 Å². The number of carbonyl (C=O) groups is 3. The third-order valence-electron chi connectivity index (χ3n) is 9.78. The molecule has 1 atom stereocenters. The lowest BCUT2D eigenvalue weighted by Crippen LogP contribution is -2.39. The summed E-state index contributed by atoms with van der Waals surface area (Å²) in [5.41, 5.74) is 13.5. The first-order valence-corrected chi connectivity index (χ1v) is 18.1. The number of fused-ring (bicyclic) bond motifs is 3. The van der Waals surface area contributed by atoms with Gasteiger partial charge in [-0.05, 0) is 96.6 Å². The Labute approximate surface area is 301 Å². The molecule has 3 aromatic carbocycles. The number of rotatable bonds is 7. The van der Waals surface area contributed by atoms with Crippen LogP contribution in [0.3, 0.4) is 0 Å². The van der Waals surface area contributed by atoms with Crippen molar-refractivity contribution in [2.24, 2.45) is 5.73 Å². The molecule has 1 fully saturated rings. The summed E-state index contributed by atoms with van der Waals surface area (Å²) in [6.07, 6.45) is 3.45. The molecule has 7 rings (SSSR count). The number of thiophene rings is 1. The predicted octanol–water partition coefficient (Wildman–Crippen LogP) is 7.89. The Kier molecular flexibility index (Phi) is 9.71. The number of pyridine rings is 1. The zero-order valence-corrected chi connectivity index (χ0v) is 29.8. The fraction of sp³-hybridized carbons (Fsp3) is 0.268. The van der Waals surface area contributed by atoms with Crippen molar-refractivity contribution in [2.75, 3.05) is 25.6 Å². The zero-order valence-electron chi connectivity index (χ0n) is 29.0. The first-order valence-electron chi connectivity index (χ1n) is 17.2. The number of nitrogens with two attached hydrogens (primary N) is 1. The molecular formula is C41H40N4O5S. The van der Waals surface area contributed by atoms with Gasteiger partial charge in [0.25, 0.3) is 11.8 Å². The molecular weight excluding hydrogens is 661 g/mol. The molecule has 2 aliphatic heterocycles. The van der Waals surface area contributed by atoms with E-state index in [1.54, 1.807) is 29.5 Å². The van der Waals surface area contributed by atoms with Gasteiger partial charge in [0, 0.05) is 52.3 Å². The summed E-state index contributed by atoms with van der Waals surface area (Å²) in [6.45, 7) is 5.30. The van der Waals surface area contributed by atoms with Gasteiger partial charge in [-0.25, -0.2) is 9.78 Å². The van der Waals surface area contributed by atoms with E-state index in [0.717, 1.165) is 63.9 Å². The largest absolute Gasteiger partial charge is 0.493 e. The van der Waals surface area contributed by atoms with Crippen LogP contribution in [-0.4, -0.2) is 47.9 Å². The van der Waals surface area contributed by atoms with Crippen molar-refractivity contribution in [1.29, 1.82) is 0 Å². The van der Waals surface area contributed by atoms with Gasteiger partial charge in [-0.3, -0.25) is 9.59 Å². The van der Waals surface area contributed by atoms with Gasteiger partial charge in [0.15, 0.2) is 5.69 Å². The number of hydrogen-bond donors (Lipinski definition) is 2. The van der Waals surface area contributed by atoms with Crippen molar-refractivity contribution >= 4 is 34.8 Å². The summed E-state index contributed by atoms with van der Waals surface area (Å²) in [5.74, 6) is -0.750. The van der Waals surface area contributed by atoms with Crippen molar-refractivity contribution in [3.63, 3.8) is 0 Å². The van der Waals surface area contributed by atoms with Crippen molar-refractivity contribution in [3.8, 4) is 27.3 Å². The Balaban J connectivity index is 1.35. The zero-order chi connectivity index (χ0) is 35.6. The molecule has 2 aliphatic rings. The maximum absolute atomic E-state index is 14.4. The van der Waals surface area contributed by atoms with E-state index in [4.69, 9.17) is 15.2 Å². The van der Waals surface area contributed by atoms with Gasteiger partial charge in [-0.15, -0.1) is 11.3 Å². The monoisotopic (exact) mass is 700 g/mol. The lowest BCUT2D eigenvalue weighted by atomic mass is 9.93. The van der Waals surface area contributed by atoms with Crippen molar-refractivity contribution in [1.82, 2.24) is 9.88 Å². The first kappa shape index (κ1) is 34.1. The summed E-state index contributed by atoms with van der Waals surface area (Å²) in [4.78, 5) is 49.6. The number of piperidine rings is 1. The molecule has 0 spiro atoms. The Hall–Kier alpha value is -5.32. The number of carbonyl (C=O) groups excluding carboxylic acids is 3. The summed E-state index contributed by atoms with van der Waals surface area (Å²) >= 11 is 1.59. The molecule has 0 radical (unpaired) electrons. The maximum atomic E-state index is 14.4. The van der Waals surface area contributed by atoms with Crippen LogP contribution >= 0.6 is 11.3 Å². The SMILES string of the molecule is COC(=O)c1nc(C(=O)N2CCCCC2c2ccccc2)ccc1-c1cc2c(cc1C(=O)Nc1c(C)cc(CN)cc1C)-c1sccc1CCO2. The lowest BCUT2D eigenvalue weighted by Gasteiger charge is -2.36. The van der Waals surface area contributed by atoms with Crippen LogP contribution in [0.5, 0.6) is 5.75 Å². The van der Waals surface area contributed by atoms with Gasteiger partial charge in [0.2, 0.25) is 0 Å². The number of aryl methyl sites for hydroxylation is 2. The Bertz CT molecular complexity index is 2120. The standard InChI is InChI=1S/C41H40N4O5S/c1-24-19-26(23-42)20-25(2)36(24)44-39(46)31-21-32-35(50-17-14-28-15-18-51-38(28)32)22-30(31)29-12-13-33(43-37(29)41(48)49-3)40(47)45-16-8-7-11-34(45)27-9-5-4-6-10-27/h4-6,9-10,12-13,15,18-22,34H,7-8,11,14,16-17,23,42H2,1-3H3,(H,44,46). The van der Waals surface area contributed by atoms with E-state index in [2.05, 4.69) is 16.4 Å². The van der Waals surface area contributed by atoms with E-state index >= 15 is 0 Å². The van der Waals surface area contributed by atoms with Crippen LogP contribution in [0.25, 0.3) is 21.6 Å². The number of methoxy groups -OCH3 is 1. The van der Waals surface area contributed by atoms with Gasteiger partial charge >= 0.3 is 5.97 Å². The number of hydrogen-bond acceptors (Lipinski definition) is 8. The van der Waals surface area contributed by atoms with Gasteiger partial charge in [-0.2, -0.15) is 0 Å². The van der Waals surface area contributed by atoms with E-state index in [-0.39, 0.29) is 29.2 Å². The normalized spacial score (nSPS) is 15.2. The number of anilines is 1. The summed E-state index contributed by atoms with van der Waals surface area (Å²) in [5, 5.41) is 5.18. The average Bonchev–Trinajstić information content (AvgIpc) is 3.56. The minimum atomic E-state index is -0.718. The van der Waals surface area contributed by atoms with Crippen LogP contribution in [0.4, 0.5) is 5.69 Å². The topological polar surface area (TPSA) is 124 Å². The van der Waals surface area contributed by atoms with Gasteiger partial charge in [0.05, 0.1) is 19.8 Å². The maximum Gasteiger partial charge on any atom is 0.357 e. The van der Waals surface area contributed by atoms with Crippen molar-refractivity contribution < 1.29 is 23.9 Å².